The molecule has 1 aliphatic rings. The van der Waals surface area contributed by atoms with Gasteiger partial charge < -0.3 is 10.6 Å². The van der Waals surface area contributed by atoms with Crippen LogP contribution < -0.4 is 10.6 Å². The van der Waals surface area contributed by atoms with Gasteiger partial charge in [-0.1, -0.05) is 23.7 Å². The summed E-state index contributed by atoms with van der Waals surface area (Å²) in [5, 5.41) is 23.9. The van der Waals surface area contributed by atoms with Crippen molar-refractivity contribution >= 4 is 34.1 Å². The predicted molar refractivity (Wildman–Crippen MR) is 131 cm³/mol. The van der Waals surface area contributed by atoms with Crippen LogP contribution in [-0.2, 0) is 13.1 Å². The Morgan fingerprint density at radius 1 is 1.15 bits per heavy atom. The van der Waals surface area contributed by atoms with E-state index in [1.807, 2.05) is 24.4 Å². The molecule has 0 aliphatic heterocycles. The molecular weight excluding hydrogens is 448 g/mol. The first-order valence-electron chi connectivity index (χ1n) is 11.2. The fourth-order valence-corrected chi connectivity index (χ4v) is 4.33. The summed E-state index contributed by atoms with van der Waals surface area (Å²) in [5.74, 6) is 0.625. The third-order valence-corrected chi connectivity index (χ3v) is 6.42. The van der Waals surface area contributed by atoms with Gasteiger partial charge in [0.1, 0.15) is 0 Å². The highest BCUT2D eigenvalue weighted by Gasteiger charge is 2.21. The quantitative estimate of drug-likeness (QED) is 0.320. The maximum absolute atomic E-state index is 9.40. The van der Waals surface area contributed by atoms with Gasteiger partial charge in [-0.05, 0) is 48.7 Å². The van der Waals surface area contributed by atoms with E-state index in [9.17, 15) is 5.26 Å². The van der Waals surface area contributed by atoms with Gasteiger partial charge >= 0.3 is 0 Å². The molecule has 1 saturated carbocycles. The molecule has 34 heavy (non-hydrogen) atoms. The van der Waals surface area contributed by atoms with Gasteiger partial charge in [0.05, 0.1) is 46.8 Å². The highest BCUT2D eigenvalue weighted by Crippen LogP contribution is 2.31. The van der Waals surface area contributed by atoms with E-state index in [0.717, 1.165) is 39.6 Å². The van der Waals surface area contributed by atoms with Crippen molar-refractivity contribution in [1.82, 2.24) is 29.9 Å². The molecule has 3 aromatic heterocycles. The average molecular weight is 469 g/mol. The van der Waals surface area contributed by atoms with Gasteiger partial charge in [0.25, 0.3) is 0 Å². The van der Waals surface area contributed by atoms with Gasteiger partial charge in [-0.15, -0.1) is 0 Å². The van der Waals surface area contributed by atoms with E-state index in [4.69, 9.17) is 21.6 Å². The molecule has 0 saturated heterocycles. The Morgan fingerprint density at radius 3 is 2.82 bits per heavy atom. The highest BCUT2D eigenvalue weighted by molar-refractivity contribution is 6.31. The number of aromatic nitrogens is 5. The standard InChI is InChI=1S/C25H21ClN8/c26-20-10-16(2-3-17(20)12-28-18-4-5-18)23-14-30-25-24(29-13-19-7-8-31-33-19)32-21-9-15(11-27)1-6-22(21)34(23)25/h1-3,6-10,14,18,28H,4-5,12-13H2,(H,29,32)(H,31,33). The second-order valence-electron chi connectivity index (χ2n) is 8.47. The number of nitrogens with zero attached hydrogens (tertiary/aromatic N) is 5. The van der Waals surface area contributed by atoms with Gasteiger partial charge in [-0.25, -0.2) is 9.97 Å². The second kappa shape index (κ2) is 8.45. The van der Waals surface area contributed by atoms with E-state index in [1.54, 1.807) is 18.3 Å². The normalized spacial score (nSPS) is 13.4. The van der Waals surface area contributed by atoms with Crippen LogP contribution in [0.1, 0.15) is 29.7 Å². The first-order valence-corrected chi connectivity index (χ1v) is 11.5. The summed E-state index contributed by atoms with van der Waals surface area (Å²) in [4.78, 5) is 9.48. The monoisotopic (exact) mass is 468 g/mol. The number of hydrogen-bond acceptors (Lipinski definition) is 6. The first-order chi connectivity index (χ1) is 16.7. The van der Waals surface area contributed by atoms with Crippen molar-refractivity contribution in [2.75, 3.05) is 5.32 Å². The molecule has 3 heterocycles. The van der Waals surface area contributed by atoms with E-state index < -0.39 is 0 Å². The van der Waals surface area contributed by atoms with Crippen LogP contribution in [0.2, 0.25) is 5.02 Å². The lowest BCUT2D eigenvalue weighted by molar-refractivity contribution is 0.688. The number of nitrogens with one attached hydrogen (secondary N) is 3. The Balaban J connectivity index is 1.45. The molecule has 2 aromatic carbocycles. The number of aromatic amines is 1. The lowest BCUT2D eigenvalue weighted by Gasteiger charge is -2.12. The predicted octanol–water partition coefficient (Wildman–Crippen LogP) is 4.66. The second-order valence-corrected chi connectivity index (χ2v) is 8.88. The highest BCUT2D eigenvalue weighted by atomic mass is 35.5. The zero-order valence-corrected chi connectivity index (χ0v) is 19.0. The zero-order chi connectivity index (χ0) is 23.1. The van der Waals surface area contributed by atoms with Crippen LogP contribution in [-0.4, -0.2) is 30.6 Å². The lowest BCUT2D eigenvalue weighted by atomic mass is 10.1. The number of nitriles is 1. The van der Waals surface area contributed by atoms with Gasteiger partial charge in [-0.2, -0.15) is 10.4 Å². The van der Waals surface area contributed by atoms with Crippen LogP contribution in [0, 0.1) is 11.3 Å². The summed E-state index contributed by atoms with van der Waals surface area (Å²) in [6, 6.07) is 16.4. The van der Waals surface area contributed by atoms with Crippen molar-refractivity contribution in [2.24, 2.45) is 0 Å². The third kappa shape index (κ3) is 3.85. The van der Waals surface area contributed by atoms with Gasteiger partial charge in [0.15, 0.2) is 11.5 Å². The number of hydrogen-bond donors (Lipinski definition) is 3. The Kier molecular flexibility index (Phi) is 5.13. The van der Waals surface area contributed by atoms with Crippen molar-refractivity contribution in [1.29, 1.82) is 5.26 Å². The molecule has 8 nitrogen and oxygen atoms in total. The molecule has 3 N–H and O–H groups in total. The summed E-state index contributed by atoms with van der Waals surface area (Å²) < 4.78 is 2.06. The molecule has 0 radical (unpaired) electrons. The summed E-state index contributed by atoms with van der Waals surface area (Å²) >= 11 is 6.66. The van der Waals surface area contributed by atoms with E-state index in [-0.39, 0.29) is 0 Å². The fourth-order valence-electron chi connectivity index (χ4n) is 4.08. The molecule has 5 aromatic rings. The number of fused-ring (bicyclic) bond motifs is 3. The van der Waals surface area contributed by atoms with Crippen LogP contribution in [0.3, 0.4) is 0 Å². The van der Waals surface area contributed by atoms with Gasteiger partial charge in [0, 0.05) is 29.4 Å². The topological polar surface area (TPSA) is 107 Å². The minimum atomic E-state index is 0.517. The van der Waals surface area contributed by atoms with E-state index in [2.05, 4.69) is 43.4 Å². The summed E-state index contributed by atoms with van der Waals surface area (Å²) in [6.07, 6.45) is 6.02. The lowest BCUT2D eigenvalue weighted by Crippen LogP contribution is -2.15. The Bertz CT molecular complexity index is 1540. The maximum Gasteiger partial charge on any atom is 0.181 e. The molecule has 168 valence electrons. The number of H-pyrrole nitrogens is 1. The Labute approximate surface area is 200 Å². The number of halogens is 1. The van der Waals surface area contributed by atoms with Crippen molar-refractivity contribution in [3.8, 4) is 17.3 Å². The number of anilines is 1. The van der Waals surface area contributed by atoms with Crippen LogP contribution in [0.5, 0.6) is 0 Å². The molecule has 0 amide bonds. The average Bonchev–Trinajstić information content (AvgIpc) is 3.34. The van der Waals surface area contributed by atoms with Crippen LogP contribution >= 0.6 is 11.6 Å². The molecule has 0 atom stereocenters. The zero-order valence-electron chi connectivity index (χ0n) is 18.2. The first kappa shape index (κ1) is 20.7. The summed E-state index contributed by atoms with van der Waals surface area (Å²) in [5.41, 5.74) is 6.69. The van der Waals surface area contributed by atoms with E-state index in [1.165, 1.54) is 12.8 Å². The molecule has 0 bridgehead atoms. The summed E-state index contributed by atoms with van der Waals surface area (Å²) in [7, 11) is 0. The van der Waals surface area contributed by atoms with Gasteiger partial charge in [0.2, 0.25) is 0 Å². The molecular formula is C25H21ClN8. The minimum absolute atomic E-state index is 0.517. The Hall–Kier alpha value is -3.93. The number of imidazole rings is 1. The van der Waals surface area contributed by atoms with Crippen molar-refractivity contribution in [3.05, 3.63) is 76.7 Å². The van der Waals surface area contributed by atoms with Crippen LogP contribution in [0.4, 0.5) is 5.82 Å². The SMILES string of the molecule is N#Cc1ccc2c(c1)nc(NCc1ccn[nH]1)c1ncc(-c3ccc(CNC4CC4)c(Cl)c3)n12. The van der Waals surface area contributed by atoms with E-state index >= 15 is 0 Å². The van der Waals surface area contributed by atoms with Gasteiger partial charge in [-0.3, -0.25) is 9.50 Å². The third-order valence-electron chi connectivity index (χ3n) is 6.06. The van der Waals surface area contributed by atoms with Crippen molar-refractivity contribution in [3.63, 3.8) is 0 Å². The maximum atomic E-state index is 9.40. The molecule has 1 fully saturated rings. The smallest absolute Gasteiger partial charge is 0.181 e. The van der Waals surface area contributed by atoms with Crippen molar-refractivity contribution < 1.29 is 0 Å². The molecule has 6 rings (SSSR count). The number of rotatable bonds is 7. The molecule has 9 heteroatoms. The van der Waals surface area contributed by atoms with E-state index in [0.29, 0.717) is 35.1 Å². The Morgan fingerprint density at radius 2 is 2.06 bits per heavy atom. The number of benzene rings is 2. The largest absolute Gasteiger partial charge is 0.361 e. The van der Waals surface area contributed by atoms with Crippen molar-refractivity contribution in [2.45, 2.75) is 32.0 Å². The van der Waals surface area contributed by atoms with Crippen LogP contribution in [0.15, 0.2) is 54.9 Å². The minimum Gasteiger partial charge on any atom is -0.361 e. The molecule has 1 aliphatic carbocycles. The molecule has 0 unspecified atom stereocenters. The van der Waals surface area contributed by atoms with Crippen LogP contribution in [0.25, 0.3) is 27.9 Å². The molecule has 0 spiro atoms. The fraction of sp³-hybridized carbons (Fsp3) is 0.200. The summed E-state index contributed by atoms with van der Waals surface area (Å²) in [6.45, 7) is 1.28.